The van der Waals surface area contributed by atoms with E-state index in [1.54, 1.807) is 0 Å². The zero-order valence-corrected chi connectivity index (χ0v) is 16.4. The van der Waals surface area contributed by atoms with E-state index in [0.29, 0.717) is 5.02 Å². The van der Waals surface area contributed by atoms with Gasteiger partial charge in [-0.3, -0.25) is 4.79 Å². The zero-order valence-electron chi connectivity index (χ0n) is 14.8. The summed E-state index contributed by atoms with van der Waals surface area (Å²) >= 11 is 5.81. The summed E-state index contributed by atoms with van der Waals surface area (Å²) < 4.78 is 66.5. The predicted molar refractivity (Wildman–Crippen MR) is 102 cm³/mol. The summed E-state index contributed by atoms with van der Waals surface area (Å²) in [6, 6.07) is 9.54. The second-order valence-corrected chi connectivity index (χ2v) is 8.60. The van der Waals surface area contributed by atoms with Gasteiger partial charge in [0.2, 0.25) is 0 Å². The van der Waals surface area contributed by atoms with Gasteiger partial charge in [0.15, 0.2) is 0 Å². The molecule has 0 radical (unpaired) electrons. The van der Waals surface area contributed by atoms with Crippen LogP contribution in [0.25, 0.3) is 10.9 Å². The van der Waals surface area contributed by atoms with Crippen molar-refractivity contribution in [2.45, 2.75) is 30.3 Å². The van der Waals surface area contributed by atoms with Gasteiger partial charge in [-0.05, 0) is 61.4 Å². The minimum atomic E-state index is -4.57. The van der Waals surface area contributed by atoms with Crippen LogP contribution in [0.15, 0.2) is 53.4 Å². The molecule has 0 bridgehead atoms. The van der Waals surface area contributed by atoms with Crippen LogP contribution in [0.5, 0.6) is 0 Å². The molecule has 0 spiro atoms. The number of aromatic nitrogens is 1. The quantitative estimate of drug-likeness (QED) is 0.582. The average molecular weight is 446 g/mol. The number of hydrogen-bond donors (Lipinski definition) is 1. The number of fused-ring (bicyclic) bond motifs is 1. The minimum Gasteiger partial charge on any atom is -0.481 e. The molecule has 0 saturated carbocycles. The van der Waals surface area contributed by atoms with E-state index >= 15 is 0 Å². The van der Waals surface area contributed by atoms with Crippen LogP contribution in [0.2, 0.25) is 5.02 Å². The number of carbonyl (C=O) groups is 1. The lowest BCUT2D eigenvalue weighted by atomic mass is 10.1. The van der Waals surface area contributed by atoms with Crippen LogP contribution in [0, 0.1) is 0 Å². The lowest BCUT2D eigenvalue weighted by Gasteiger charge is -2.12. The molecular weight excluding hydrogens is 431 g/mol. The first-order valence-electron chi connectivity index (χ1n) is 8.44. The summed E-state index contributed by atoms with van der Waals surface area (Å²) in [6.07, 6.45) is -4.58. The highest BCUT2D eigenvalue weighted by atomic mass is 35.5. The first kappa shape index (κ1) is 21.2. The second-order valence-electron chi connectivity index (χ2n) is 6.38. The van der Waals surface area contributed by atoms with Crippen LogP contribution >= 0.6 is 11.6 Å². The third kappa shape index (κ3) is 4.40. The first-order chi connectivity index (χ1) is 13.5. The Balaban J connectivity index is 2.18. The number of halogens is 4. The molecular formula is C19H15ClF3NO4S. The minimum absolute atomic E-state index is 0.0646. The number of hydrogen-bond acceptors (Lipinski definition) is 3. The SMILES string of the molecule is O=C(O)CCCc1cc2cc(C(F)(F)F)ccc2n1S(=O)(=O)c1ccc(Cl)cc1. The summed E-state index contributed by atoms with van der Waals surface area (Å²) in [4.78, 5) is 10.7. The molecule has 0 aliphatic heterocycles. The van der Waals surface area contributed by atoms with Crippen molar-refractivity contribution < 1.29 is 31.5 Å². The van der Waals surface area contributed by atoms with Crippen LogP contribution in [0.4, 0.5) is 13.2 Å². The monoisotopic (exact) mass is 445 g/mol. The molecule has 0 atom stereocenters. The Morgan fingerprint density at radius 1 is 1.07 bits per heavy atom. The molecule has 5 nitrogen and oxygen atoms in total. The summed E-state index contributed by atoms with van der Waals surface area (Å²) in [7, 11) is -4.14. The fraction of sp³-hybridized carbons (Fsp3) is 0.211. The summed E-state index contributed by atoms with van der Waals surface area (Å²) in [5.41, 5.74) is -0.614. The van der Waals surface area contributed by atoms with Crippen LogP contribution in [-0.2, 0) is 27.4 Å². The number of carboxylic acids is 1. The molecule has 1 aromatic heterocycles. The fourth-order valence-corrected chi connectivity index (χ4v) is 4.71. The molecule has 29 heavy (non-hydrogen) atoms. The number of alkyl halides is 3. The molecule has 3 aromatic rings. The first-order valence-corrected chi connectivity index (χ1v) is 10.3. The van der Waals surface area contributed by atoms with Gasteiger partial charge in [-0.15, -0.1) is 0 Å². The fourth-order valence-electron chi connectivity index (χ4n) is 3.01. The number of rotatable bonds is 6. The molecule has 0 unspecified atom stereocenters. The molecule has 1 heterocycles. The van der Waals surface area contributed by atoms with Crippen molar-refractivity contribution in [3.8, 4) is 0 Å². The van der Waals surface area contributed by atoms with Crippen molar-refractivity contribution in [3.63, 3.8) is 0 Å². The van der Waals surface area contributed by atoms with Crippen molar-refractivity contribution in [1.29, 1.82) is 0 Å². The van der Waals surface area contributed by atoms with Gasteiger partial charge < -0.3 is 5.11 Å². The summed E-state index contributed by atoms with van der Waals surface area (Å²) in [5.74, 6) is -1.05. The van der Waals surface area contributed by atoms with Crippen LogP contribution in [-0.4, -0.2) is 23.5 Å². The standard InChI is InChI=1S/C19H15ClF3NO4S/c20-14-5-7-16(8-6-14)29(27,28)24-15(2-1-3-18(25)26)11-12-10-13(19(21,22)23)4-9-17(12)24/h4-11H,1-3H2,(H,25,26). The highest BCUT2D eigenvalue weighted by Gasteiger charge is 2.31. The molecule has 0 aliphatic carbocycles. The maximum absolute atomic E-state index is 13.2. The van der Waals surface area contributed by atoms with Crippen molar-refractivity contribution in [1.82, 2.24) is 3.97 Å². The number of nitrogens with zero attached hydrogens (tertiary/aromatic N) is 1. The Morgan fingerprint density at radius 2 is 1.72 bits per heavy atom. The van der Waals surface area contributed by atoms with Crippen molar-refractivity contribution in [3.05, 3.63) is 64.8 Å². The van der Waals surface area contributed by atoms with E-state index in [1.807, 2.05) is 0 Å². The molecule has 0 amide bonds. The Morgan fingerprint density at radius 3 is 2.31 bits per heavy atom. The number of carboxylic acid groups (broad SMARTS) is 1. The zero-order chi connectivity index (χ0) is 21.4. The van der Waals surface area contributed by atoms with E-state index in [4.69, 9.17) is 16.7 Å². The predicted octanol–water partition coefficient (Wildman–Crippen LogP) is 4.96. The molecule has 154 valence electrons. The molecule has 0 aliphatic rings. The Labute approximate surface area is 169 Å². The van der Waals surface area contributed by atoms with Gasteiger partial charge in [-0.25, -0.2) is 12.4 Å². The van der Waals surface area contributed by atoms with E-state index in [-0.39, 0.29) is 40.8 Å². The van der Waals surface area contributed by atoms with Gasteiger partial charge in [0, 0.05) is 22.5 Å². The van der Waals surface area contributed by atoms with Gasteiger partial charge in [-0.2, -0.15) is 13.2 Å². The largest absolute Gasteiger partial charge is 0.481 e. The molecule has 10 heteroatoms. The Bertz CT molecular complexity index is 1170. The van der Waals surface area contributed by atoms with Crippen molar-refractivity contribution >= 4 is 38.5 Å². The molecule has 0 fully saturated rings. The molecule has 2 aromatic carbocycles. The van der Waals surface area contributed by atoms with Gasteiger partial charge in [0.05, 0.1) is 16.0 Å². The van der Waals surface area contributed by atoms with E-state index in [9.17, 15) is 26.4 Å². The highest BCUT2D eigenvalue weighted by molar-refractivity contribution is 7.90. The van der Waals surface area contributed by atoms with Crippen molar-refractivity contribution in [2.75, 3.05) is 0 Å². The Kier molecular flexibility index (Phi) is 5.64. The highest BCUT2D eigenvalue weighted by Crippen LogP contribution is 2.34. The van der Waals surface area contributed by atoms with Crippen LogP contribution < -0.4 is 0 Å². The van der Waals surface area contributed by atoms with E-state index in [0.717, 1.165) is 22.2 Å². The van der Waals surface area contributed by atoms with Gasteiger partial charge in [0.1, 0.15) is 0 Å². The summed E-state index contributed by atoms with van der Waals surface area (Å²) in [5, 5.41) is 9.26. The Hall–Kier alpha value is -2.52. The lowest BCUT2D eigenvalue weighted by Crippen LogP contribution is -2.16. The third-order valence-electron chi connectivity index (χ3n) is 4.33. The van der Waals surface area contributed by atoms with E-state index in [1.165, 1.54) is 30.3 Å². The van der Waals surface area contributed by atoms with Gasteiger partial charge in [0.25, 0.3) is 10.0 Å². The second kappa shape index (κ2) is 7.72. The maximum Gasteiger partial charge on any atom is 0.416 e. The number of aryl methyl sites for hydroxylation is 1. The van der Waals surface area contributed by atoms with E-state index in [2.05, 4.69) is 0 Å². The third-order valence-corrected chi connectivity index (χ3v) is 6.36. The topological polar surface area (TPSA) is 76.4 Å². The van der Waals surface area contributed by atoms with E-state index < -0.39 is 27.7 Å². The molecule has 1 N–H and O–H groups in total. The summed E-state index contributed by atoms with van der Waals surface area (Å²) in [6.45, 7) is 0. The van der Waals surface area contributed by atoms with Gasteiger partial charge >= 0.3 is 12.1 Å². The molecule has 0 saturated heterocycles. The van der Waals surface area contributed by atoms with Crippen molar-refractivity contribution in [2.24, 2.45) is 0 Å². The van der Waals surface area contributed by atoms with Gasteiger partial charge in [-0.1, -0.05) is 11.6 Å². The lowest BCUT2D eigenvalue weighted by molar-refractivity contribution is -0.138. The number of aliphatic carboxylic acids is 1. The van der Waals surface area contributed by atoms with Crippen LogP contribution in [0.3, 0.4) is 0 Å². The normalized spacial score (nSPS) is 12.4. The van der Waals surface area contributed by atoms with Crippen LogP contribution in [0.1, 0.15) is 24.1 Å². The smallest absolute Gasteiger partial charge is 0.416 e. The number of benzene rings is 2. The maximum atomic E-state index is 13.2. The molecule has 3 rings (SSSR count). The average Bonchev–Trinajstić information content (AvgIpc) is 2.99.